The van der Waals surface area contributed by atoms with Gasteiger partial charge >= 0.3 is 41.7 Å². The van der Waals surface area contributed by atoms with Crippen LogP contribution in [0.25, 0.3) is 0 Å². The number of rotatable bonds is 1. The first-order valence-corrected chi connectivity index (χ1v) is 4.91. The molecule has 0 unspecified atom stereocenters. The molecule has 0 aromatic carbocycles. The van der Waals surface area contributed by atoms with E-state index < -0.39 is 20.2 Å². The average molecular weight is 241 g/mol. The molecule has 31 valence electrons. The molecule has 0 saturated carbocycles. The summed E-state index contributed by atoms with van der Waals surface area (Å²) in [6.45, 7) is 4.10. The Morgan fingerprint density at radius 3 is 1.80 bits per heavy atom. The van der Waals surface area contributed by atoms with Crippen LogP contribution in [0.2, 0.25) is 4.14 Å². The molecule has 0 aromatic rings. The molecule has 0 rings (SSSR count). The molecule has 0 aliphatic rings. The topological polar surface area (TPSA) is 20.2 Å². The fourth-order valence-corrected chi connectivity index (χ4v) is 0. The molecule has 0 aliphatic carbocycles. The predicted molar refractivity (Wildman–Crippen MR) is 17.3 cm³/mol. The molecule has 0 fully saturated rings. The van der Waals surface area contributed by atoms with Crippen molar-refractivity contribution in [3.05, 3.63) is 0 Å². The van der Waals surface area contributed by atoms with E-state index >= 15 is 0 Å². The molecule has 0 heterocycles. The molecule has 0 aromatic heterocycles. The first-order valence-electron chi connectivity index (χ1n) is 1.61. The molecule has 0 radical (unpaired) electrons. The molecule has 0 aliphatic heterocycles. The summed E-state index contributed by atoms with van der Waals surface area (Å²) in [5.41, 5.74) is 0. The summed E-state index contributed by atoms with van der Waals surface area (Å²) in [5, 5.41) is 0. The van der Waals surface area contributed by atoms with Gasteiger partial charge in [0, 0.05) is 0 Å². The van der Waals surface area contributed by atoms with Gasteiger partial charge in [0.05, 0.1) is 0 Å². The van der Waals surface area contributed by atoms with Gasteiger partial charge in [-0.3, -0.25) is 0 Å². The van der Waals surface area contributed by atoms with Crippen molar-refractivity contribution in [3.63, 3.8) is 0 Å². The maximum absolute atomic E-state index is 8.32. The zero-order valence-corrected chi connectivity index (χ0v) is 6.69. The molecular weight excluding hydrogens is 233 g/mol. The number of hydrogen-bond donors (Lipinski definition) is 1. The van der Waals surface area contributed by atoms with Gasteiger partial charge in [0.2, 0.25) is 0 Å². The summed E-state index contributed by atoms with van der Waals surface area (Å²) in [6, 6.07) is 0. The monoisotopic (exact) mass is 241 g/mol. The molecule has 1 nitrogen and oxygen atoms in total. The molecule has 1 N–H and O–H groups in total. The Balaban J connectivity index is 2.54. The summed E-state index contributed by atoms with van der Waals surface area (Å²) in [5.74, 6) is 0. The van der Waals surface area contributed by atoms with E-state index in [0.717, 1.165) is 0 Å². The van der Waals surface area contributed by atoms with E-state index in [9.17, 15) is 0 Å². The van der Waals surface area contributed by atoms with Crippen LogP contribution in [0, 0.1) is 0 Å². The van der Waals surface area contributed by atoms with Crippen molar-refractivity contribution in [1.82, 2.24) is 0 Å². The second-order valence-electron chi connectivity index (χ2n) is 1.21. The van der Waals surface area contributed by atoms with Crippen molar-refractivity contribution in [2.45, 2.75) is 18.0 Å². The molecule has 0 bridgehead atoms. The zero-order chi connectivity index (χ0) is 4.28. The standard InChI is InChI=1S/C3H7.H2O.Ta/c1-3-2;;/h3H,1-2H3;1H2;/q;;+1/p-1. The molecule has 5 heavy (non-hydrogen) atoms. The Morgan fingerprint density at radius 2 is 1.80 bits per heavy atom. The van der Waals surface area contributed by atoms with Crippen molar-refractivity contribution in [2.24, 2.45) is 0 Å². The summed E-state index contributed by atoms with van der Waals surface area (Å²) >= 11 is -0.938. The molecular formula is C3H8OTa. The van der Waals surface area contributed by atoms with Gasteiger partial charge in [0.15, 0.2) is 0 Å². The Morgan fingerprint density at radius 1 is 1.60 bits per heavy atom. The quantitative estimate of drug-likeness (QED) is 0.720. The first-order chi connectivity index (χ1) is 2.27. The average Bonchev–Trinajstić information content (AvgIpc) is 1.38. The van der Waals surface area contributed by atoms with Gasteiger partial charge in [0.25, 0.3) is 0 Å². The second-order valence-corrected chi connectivity index (χ2v) is 5.75. The van der Waals surface area contributed by atoms with Crippen molar-refractivity contribution in [2.75, 3.05) is 0 Å². The third-order valence-electron chi connectivity index (χ3n) is 0.231. The predicted octanol–water partition coefficient (Wildman–Crippen LogP) is 0.804. The summed E-state index contributed by atoms with van der Waals surface area (Å²) < 4.78 is 8.94. The summed E-state index contributed by atoms with van der Waals surface area (Å²) in [7, 11) is 0. The Kier molecular flexibility index (Phi) is 3.32. The van der Waals surface area contributed by atoms with Crippen LogP contribution in [0.5, 0.6) is 0 Å². The van der Waals surface area contributed by atoms with Crippen molar-refractivity contribution in [3.8, 4) is 0 Å². The Labute approximate surface area is 42.2 Å². The fraction of sp³-hybridized carbons (Fsp3) is 1.00. The van der Waals surface area contributed by atoms with Crippen molar-refractivity contribution in [1.29, 1.82) is 0 Å². The van der Waals surface area contributed by atoms with Crippen LogP contribution in [0.15, 0.2) is 0 Å². The van der Waals surface area contributed by atoms with Crippen LogP contribution in [0.4, 0.5) is 0 Å². The maximum atomic E-state index is 8.32. The fourth-order valence-electron chi connectivity index (χ4n) is 0. The minimum atomic E-state index is -0.938. The van der Waals surface area contributed by atoms with E-state index in [2.05, 4.69) is 13.8 Å². The summed E-state index contributed by atoms with van der Waals surface area (Å²) in [6.07, 6.45) is 0. The normalized spacial score (nSPS) is 8.80. The van der Waals surface area contributed by atoms with E-state index in [0.29, 0.717) is 4.14 Å². The van der Waals surface area contributed by atoms with Gasteiger partial charge in [-0.25, -0.2) is 0 Å². The van der Waals surface area contributed by atoms with Crippen LogP contribution < -0.4 is 0 Å². The van der Waals surface area contributed by atoms with E-state index in [4.69, 9.17) is 3.61 Å². The molecule has 2 heteroatoms. The SMILES string of the molecule is C[CH](C)[Ta][OH]. The Hall–Kier alpha value is 0.700. The van der Waals surface area contributed by atoms with E-state index in [1.54, 1.807) is 0 Å². The van der Waals surface area contributed by atoms with Gasteiger partial charge in [0.1, 0.15) is 0 Å². The van der Waals surface area contributed by atoms with Gasteiger partial charge < -0.3 is 0 Å². The molecule has 0 amide bonds. The third-order valence-corrected chi connectivity index (χ3v) is 1.89. The van der Waals surface area contributed by atoms with Gasteiger partial charge in [-0.05, 0) is 0 Å². The summed E-state index contributed by atoms with van der Waals surface area (Å²) in [4.78, 5) is 0. The van der Waals surface area contributed by atoms with Crippen LogP contribution in [-0.4, -0.2) is 3.61 Å². The van der Waals surface area contributed by atoms with Gasteiger partial charge in [-0.2, -0.15) is 0 Å². The van der Waals surface area contributed by atoms with Gasteiger partial charge in [-0.1, -0.05) is 0 Å². The van der Waals surface area contributed by atoms with Crippen molar-refractivity contribution >= 4 is 0 Å². The van der Waals surface area contributed by atoms with E-state index in [1.165, 1.54) is 0 Å². The van der Waals surface area contributed by atoms with Crippen molar-refractivity contribution < 1.29 is 23.8 Å². The molecule has 0 atom stereocenters. The van der Waals surface area contributed by atoms with Crippen LogP contribution >= 0.6 is 0 Å². The van der Waals surface area contributed by atoms with Crippen LogP contribution in [0.1, 0.15) is 13.8 Å². The zero-order valence-electron chi connectivity index (χ0n) is 3.47. The van der Waals surface area contributed by atoms with Gasteiger partial charge in [-0.15, -0.1) is 0 Å². The number of hydrogen-bond acceptors (Lipinski definition) is 1. The van der Waals surface area contributed by atoms with E-state index in [1.807, 2.05) is 0 Å². The Bertz CT molecular complexity index is 20.9. The van der Waals surface area contributed by atoms with E-state index in [-0.39, 0.29) is 0 Å². The second kappa shape index (κ2) is 2.91. The third kappa shape index (κ3) is 4.70. The molecule has 0 spiro atoms. The molecule has 0 saturated heterocycles. The first kappa shape index (κ1) is 5.70. The minimum absolute atomic E-state index is 0.620. The van der Waals surface area contributed by atoms with Crippen LogP contribution in [0.3, 0.4) is 0 Å². The van der Waals surface area contributed by atoms with Crippen LogP contribution in [-0.2, 0) is 20.2 Å².